The average molecular weight is 271 g/mol. The van der Waals surface area contributed by atoms with E-state index in [0.717, 1.165) is 26.2 Å². The highest BCUT2D eigenvalue weighted by atomic mass is 16.5. The molecule has 1 amide bonds. The summed E-state index contributed by atoms with van der Waals surface area (Å²) in [6, 6.07) is -0.0659. The summed E-state index contributed by atoms with van der Waals surface area (Å²) in [4.78, 5) is 14.3. The standard InChI is InChI=1S/C14H29N3O2/c1-4-17(11-13-6-5-7-15-10-13)12(2)14(18)16-8-9-19-3/h12-13,15H,4-11H2,1-3H3,(H,16,18). The van der Waals surface area contributed by atoms with Crippen LogP contribution >= 0.6 is 0 Å². The number of likely N-dealkylation sites (N-methyl/N-ethyl adjacent to an activating group) is 1. The number of hydrogen-bond donors (Lipinski definition) is 2. The molecule has 112 valence electrons. The molecule has 0 aromatic heterocycles. The molecular weight excluding hydrogens is 242 g/mol. The Bertz CT molecular complexity index is 255. The highest BCUT2D eigenvalue weighted by Crippen LogP contribution is 2.13. The van der Waals surface area contributed by atoms with Gasteiger partial charge in [0.1, 0.15) is 0 Å². The fourth-order valence-corrected chi connectivity index (χ4v) is 2.56. The number of carbonyl (C=O) groups excluding carboxylic acids is 1. The van der Waals surface area contributed by atoms with Crippen LogP contribution < -0.4 is 10.6 Å². The number of methoxy groups -OCH3 is 1. The van der Waals surface area contributed by atoms with Crippen molar-refractivity contribution >= 4 is 5.91 Å². The number of nitrogens with zero attached hydrogens (tertiary/aromatic N) is 1. The van der Waals surface area contributed by atoms with Gasteiger partial charge in [0.15, 0.2) is 0 Å². The molecule has 5 heteroatoms. The van der Waals surface area contributed by atoms with Crippen LogP contribution in [0.25, 0.3) is 0 Å². The van der Waals surface area contributed by atoms with Gasteiger partial charge in [0, 0.05) is 20.2 Å². The SMILES string of the molecule is CCN(CC1CCCNC1)C(C)C(=O)NCCOC. The minimum atomic E-state index is -0.0659. The molecule has 1 heterocycles. The van der Waals surface area contributed by atoms with Crippen LogP contribution in [0.4, 0.5) is 0 Å². The van der Waals surface area contributed by atoms with Gasteiger partial charge in [-0.1, -0.05) is 6.92 Å². The first-order chi connectivity index (χ1) is 9.19. The van der Waals surface area contributed by atoms with Gasteiger partial charge in [0.25, 0.3) is 0 Å². The van der Waals surface area contributed by atoms with E-state index in [0.29, 0.717) is 19.1 Å². The Morgan fingerprint density at radius 3 is 2.95 bits per heavy atom. The molecule has 1 fully saturated rings. The van der Waals surface area contributed by atoms with Gasteiger partial charge < -0.3 is 15.4 Å². The highest BCUT2D eigenvalue weighted by molar-refractivity contribution is 5.81. The molecule has 2 unspecified atom stereocenters. The molecule has 1 saturated heterocycles. The molecule has 0 saturated carbocycles. The zero-order valence-electron chi connectivity index (χ0n) is 12.6. The van der Waals surface area contributed by atoms with Crippen LogP contribution in [0.5, 0.6) is 0 Å². The van der Waals surface area contributed by atoms with E-state index in [4.69, 9.17) is 4.74 Å². The van der Waals surface area contributed by atoms with E-state index in [9.17, 15) is 4.79 Å². The summed E-state index contributed by atoms with van der Waals surface area (Å²) in [6.07, 6.45) is 2.51. The Labute approximate surface area is 117 Å². The summed E-state index contributed by atoms with van der Waals surface area (Å²) in [5.41, 5.74) is 0. The van der Waals surface area contributed by atoms with Crippen LogP contribution in [-0.2, 0) is 9.53 Å². The lowest BCUT2D eigenvalue weighted by atomic mass is 9.98. The Balaban J connectivity index is 2.36. The molecule has 2 N–H and O–H groups in total. The first-order valence-corrected chi connectivity index (χ1v) is 7.40. The van der Waals surface area contributed by atoms with Gasteiger partial charge in [0.05, 0.1) is 12.6 Å². The van der Waals surface area contributed by atoms with E-state index in [1.54, 1.807) is 7.11 Å². The third-order valence-electron chi connectivity index (χ3n) is 3.83. The molecular formula is C14H29N3O2. The molecule has 5 nitrogen and oxygen atoms in total. The molecule has 2 atom stereocenters. The number of carbonyl (C=O) groups is 1. The van der Waals surface area contributed by atoms with Crippen LogP contribution in [0.3, 0.4) is 0 Å². The van der Waals surface area contributed by atoms with Crippen LogP contribution in [-0.4, -0.2) is 63.3 Å². The lowest BCUT2D eigenvalue weighted by molar-refractivity contribution is -0.126. The Hall–Kier alpha value is -0.650. The molecule has 1 rings (SSSR count). The second-order valence-corrected chi connectivity index (χ2v) is 5.26. The monoisotopic (exact) mass is 271 g/mol. The van der Waals surface area contributed by atoms with E-state index in [1.807, 2.05) is 6.92 Å². The van der Waals surface area contributed by atoms with E-state index in [2.05, 4.69) is 22.5 Å². The second kappa shape index (κ2) is 9.28. The van der Waals surface area contributed by atoms with Crippen molar-refractivity contribution in [3.05, 3.63) is 0 Å². The van der Waals surface area contributed by atoms with E-state index >= 15 is 0 Å². The van der Waals surface area contributed by atoms with E-state index < -0.39 is 0 Å². The molecule has 0 aliphatic carbocycles. The second-order valence-electron chi connectivity index (χ2n) is 5.26. The van der Waals surface area contributed by atoms with Gasteiger partial charge in [0.2, 0.25) is 5.91 Å². The van der Waals surface area contributed by atoms with E-state index in [1.165, 1.54) is 12.8 Å². The zero-order valence-corrected chi connectivity index (χ0v) is 12.6. The number of rotatable bonds is 8. The van der Waals surface area contributed by atoms with Crippen LogP contribution in [0.1, 0.15) is 26.7 Å². The highest BCUT2D eigenvalue weighted by Gasteiger charge is 2.23. The summed E-state index contributed by atoms with van der Waals surface area (Å²) >= 11 is 0. The fourth-order valence-electron chi connectivity index (χ4n) is 2.56. The third-order valence-corrected chi connectivity index (χ3v) is 3.83. The summed E-state index contributed by atoms with van der Waals surface area (Å²) in [7, 11) is 1.64. The maximum absolute atomic E-state index is 12.0. The average Bonchev–Trinajstić information content (AvgIpc) is 2.45. The van der Waals surface area contributed by atoms with Crippen molar-refractivity contribution in [3.63, 3.8) is 0 Å². The van der Waals surface area contributed by atoms with Crippen molar-refractivity contribution in [2.75, 3.05) is 46.4 Å². The maximum Gasteiger partial charge on any atom is 0.237 e. The third kappa shape index (κ3) is 5.89. The van der Waals surface area contributed by atoms with Gasteiger partial charge in [-0.15, -0.1) is 0 Å². The zero-order chi connectivity index (χ0) is 14.1. The molecule has 19 heavy (non-hydrogen) atoms. The van der Waals surface area contributed by atoms with Gasteiger partial charge in [-0.05, 0) is 45.3 Å². The lowest BCUT2D eigenvalue weighted by Crippen LogP contribution is -2.49. The van der Waals surface area contributed by atoms with Gasteiger partial charge in [-0.25, -0.2) is 0 Å². The van der Waals surface area contributed by atoms with Gasteiger partial charge in [-0.2, -0.15) is 0 Å². The van der Waals surface area contributed by atoms with Crippen LogP contribution in [0, 0.1) is 5.92 Å². The van der Waals surface area contributed by atoms with Crippen LogP contribution in [0.2, 0.25) is 0 Å². The predicted molar refractivity (Wildman–Crippen MR) is 77.2 cm³/mol. The maximum atomic E-state index is 12.0. The van der Waals surface area contributed by atoms with Crippen molar-refractivity contribution in [1.29, 1.82) is 0 Å². The quantitative estimate of drug-likeness (QED) is 0.630. The van der Waals surface area contributed by atoms with E-state index in [-0.39, 0.29) is 11.9 Å². The summed E-state index contributed by atoms with van der Waals surface area (Å²) < 4.78 is 4.94. The molecule has 0 aromatic rings. The van der Waals surface area contributed by atoms with Crippen molar-refractivity contribution in [1.82, 2.24) is 15.5 Å². The summed E-state index contributed by atoms with van der Waals surface area (Å²) in [5.74, 6) is 0.769. The lowest BCUT2D eigenvalue weighted by Gasteiger charge is -2.32. The summed E-state index contributed by atoms with van der Waals surface area (Å²) in [6.45, 7) is 9.39. The molecule has 0 aromatic carbocycles. The largest absolute Gasteiger partial charge is 0.383 e. The topological polar surface area (TPSA) is 53.6 Å². The van der Waals surface area contributed by atoms with Gasteiger partial charge >= 0.3 is 0 Å². The minimum Gasteiger partial charge on any atom is -0.383 e. The smallest absolute Gasteiger partial charge is 0.237 e. The molecule has 1 aliphatic heterocycles. The molecule has 1 aliphatic rings. The number of amides is 1. The fraction of sp³-hybridized carbons (Fsp3) is 0.929. The molecule has 0 spiro atoms. The minimum absolute atomic E-state index is 0.0659. The first-order valence-electron chi connectivity index (χ1n) is 7.40. The molecule has 0 radical (unpaired) electrons. The van der Waals surface area contributed by atoms with Crippen LogP contribution in [0.15, 0.2) is 0 Å². The van der Waals surface area contributed by atoms with Crippen molar-refractivity contribution in [2.45, 2.75) is 32.7 Å². The number of hydrogen-bond acceptors (Lipinski definition) is 4. The van der Waals surface area contributed by atoms with Crippen molar-refractivity contribution in [3.8, 4) is 0 Å². The number of ether oxygens (including phenoxy) is 1. The Kier molecular flexibility index (Phi) is 8.02. The predicted octanol–water partition coefficient (Wildman–Crippen LogP) is 0.459. The Morgan fingerprint density at radius 2 is 2.37 bits per heavy atom. The normalized spacial score (nSPS) is 21.4. The first kappa shape index (κ1) is 16.4. The molecule has 0 bridgehead atoms. The number of piperidine rings is 1. The van der Waals surface area contributed by atoms with Gasteiger partial charge in [-0.3, -0.25) is 9.69 Å². The number of nitrogens with one attached hydrogen (secondary N) is 2. The Morgan fingerprint density at radius 1 is 1.58 bits per heavy atom. The van der Waals surface area contributed by atoms with Crippen molar-refractivity contribution < 1.29 is 9.53 Å². The summed E-state index contributed by atoms with van der Waals surface area (Å²) in [5, 5.41) is 6.34. The van der Waals surface area contributed by atoms with Crippen molar-refractivity contribution in [2.24, 2.45) is 5.92 Å².